The third-order valence-corrected chi connectivity index (χ3v) is 6.53. The Bertz CT molecular complexity index is 1090. The van der Waals surface area contributed by atoms with E-state index in [1.165, 1.54) is 23.1 Å². The molecule has 0 radical (unpaired) electrons. The van der Waals surface area contributed by atoms with Crippen molar-refractivity contribution in [3.8, 4) is 16.3 Å². The molecule has 3 heterocycles. The van der Waals surface area contributed by atoms with E-state index in [0.717, 1.165) is 26.4 Å². The molecule has 0 saturated heterocycles. The summed E-state index contributed by atoms with van der Waals surface area (Å²) in [5.74, 6) is 0.462. The Balaban J connectivity index is 1.64. The molecule has 0 fully saturated rings. The summed E-state index contributed by atoms with van der Waals surface area (Å²) in [6.45, 7) is 3.69. The Labute approximate surface area is 174 Å². The van der Waals surface area contributed by atoms with Crippen LogP contribution in [0.2, 0.25) is 0 Å². The number of carbonyl (C=O) groups excluding carboxylic acids is 1. The van der Waals surface area contributed by atoms with E-state index in [1.807, 2.05) is 47.8 Å². The van der Waals surface area contributed by atoms with Gasteiger partial charge < -0.3 is 0 Å². The highest BCUT2D eigenvalue weighted by molar-refractivity contribution is 8.01. The second-order valence-electron chi connectivity index (χ2n) is 5.57. The molecule has 0 saturated carbocycles. The fourth-order valence-electron chi connectivity index (χ4n) is 2.46. The SMILES string of the molecule is C=CCSc1nnc(NC(=O)c2cc(-c3cccs3)nn2-c2ccccc2)s1. The summed E-state index contributed by atoms with van der Waals surface area (Å²) in [6, 6.07) is 15.3. The number of nitrogens with zero attached hydrogens (tertiary/aromatic N) is 4. The highest BCUT2D eigenvalue weighted by Crippen LogP contribution is 2.28. The molecule has 1 aromatic carbocycles. The van der Waals surface area contributed by atoms with Crippen molar-refractivity contribution in [3.05, 3.63) is 72.3 Å². The first kappa shape index (κ1) is 18.6. The highest BCUT2D eigenvalue weighted by Gasteiger charge is 2.19. The zero-order valence-electron chi connectivity index (χ0n) is 14.6. The van der Waals surface area contributed by atoms with E-state index in [0.29, 0.717) is 10.8 Å². The van der Waals surface area contributed by atoms with Crippen molar-refractivity contribution in [2.75, 3.05) is 11.1 Å². The van der Waals surface area contributed by atoms with Crippen LogP contribution in [0.4, 0.5) is 5.13 Å². The summed E-state index contributed by atoms with van der Waals surface area (Å²) in [5.41, 5.74) is 2.00. The maximum Gasteiger partial charge on any atom is 0.276 e. The van der Waals surface area contributed by atoms with Gasteiger partial charge in [-0.3, -0.25) is 10.1 Å². The molecule has 4 aromatic rings. The standard InChI is InChI=1S/C19H15N5OS3/c1-2-10-27-19-22-21-18(28-19)20-17(25)15-12-14(16-9-6-11-26-16)23-24(15)13-7-4-3-5-8-13/h2-9,11-12H,1,10H2,(H,20,21,25). The van der Waals surface area contributed by atoms with Gasteiger partial charge in [-0.05, 0) is 29.6 Å². The molecule has 0 atom stereocenters. The molecule has 28 heavy (non-hydrogen) atoms. The summed E-state index contributed by atoms with van der Waals surface area (Å²) in [4.78, 5) is 14.0. The first-order chi connectivity index (χ1) is 13.7. The summed E-state index contributed by atoms with van der Waals surface area (Å²) in [7, 11) is 0. The number of nitrogens with one attached hydrogen (secondary N) is 1. The molecular formula is C19H15N5OS3. The molecule has 0 spiro atoms. The van der Waals surface area contributed by atoms with Crippen LogP contribution >= 0.6 is 34.4 Å². The van der Waals surface area contributed by atoms with E-state index in [-0.39, 0.29) is 5.91 Å². The molecule has 0 unspecified atom stereocenters. The second-order valence-corrected chi connectivity index (χ2v) is 8.76. The molecule has 0 aliphatic heterocycles. The zero-order chi connectivity index (χ0) is 19.3. The van der Waals surface area contributed by atoms with Gasteiger partial charge in [-0.25, -0.2) is 4.68 Å². The van der Waals surface area contributed by atoms with Gasteiger partial charge in [0.15, 0.2) is 4.34 Å². The van der Waals surface area contributed by atoms with Crippen molar-refractivity contribution in [2.45, 2.75) is 4.34 Å². The quantitative estimate of drug-likeness (QED) is 0.257. The van der Waals surface area contributed by atoms with E-state index < -0.39 is 0 Å². The van der Waals surface area contributed by atoms with Crippen molar-refractivity contribution < 1.29 is 4.79 Å². The van der Waals surface area contributed by atoms with E-state index in [2.05, 4.69) is 27.2 Å². The first-order valence-electron chi connectivity index (χ1n) is 8.32. The number of anilines is 1. The third kappa shape index (κ3) is 4.06. The van der Waals surface area contributed by atoms with Gasteiger partial charge in [0.25, 0.3) is 5.91 Å². The molecular weight excluding hydrogens is 410 g/mol. The predicted octanol–water partition coefficient (Wildman–Crippen LogP) is 4.98. The van der Waals surface area contributed by atoms with Crippen LogP contribution in [0.5, 0.6) is 0 Å². The topological polar surface area (TPSA) is 72.7 Å². The van der Waals surface area contributed by atoms with Gasteiger partial charge in [0, 0.05) is 5.75 Å². The molecule has 1 N–H and O–H groups in total. The minimum Gasteiger partial charge on any atom is -0.295 e. The molecule has 6 nitrogen and oxygen atoms in total. The molecule has 1 amide bonds. The summed E-state index contributed by atoms with van der Waals surface area (Å²) in [5, 5.41) is 18.0. The first-order valence-corrected chi connectivity index (χ1v) is 11.0. The Morgan fingerprint density at radius 3 is 2.82 bits per heavy atom. The Morgan fingerprint density at radius 2 is 2.07 bits per heavy atom. The number of rotatable bonds is 7. The summed E-state index contributed by atoms with van der Waals surface area (Å²) >= 11 is 4.44. The lowest BCUT2D eigenvalue weighted by atomic mass is 10.3. The summed E-state index contributed by atoms with van der Waals surface area (Å²) < 4.78 is 2.43. The monoisotopic (exact) mass is 425 g/mol. The van der Waals surface area contributed by atoms with E-state index in [9.17, 15) is 4.79 Å². The Hall–Kier alpha value is -2.75. The highest BCUT2D eigenvalue weighted by atomic mass is 32.2. The van der Waals surface area contributed by atoms with Gasteiger partial charge in [-0.2, -0.15) is 5.10 Å². The van der Waals surface area contributed by atoms with Gasteiger partial charge in [-0.15, -0.1) is 28.1 Å². The molecule has 0 aliphatic carbocycles. The largest absolute Gasteiger partial charge is 0.295 e. The number of para-hydroxylation sites is 1. The molecule has 140 valence electrons. The second kappa shape index (κ2) is 8.51. The minimum atomic E-state index is -0.282. The van der Waals surface area contributed by atoms with Gasteiger partial charge >= 0.3 is 0 Å². The van der Waals surface area contributed by atoms with Crippen LogP contribution in [0.25, 0.3) is 16.3 Å². The zero-order valence-corrected chi connectivity index (χ0v) is 17.1. The molecule has 0 aliphatic rings. The fraction of sp³-hybridized carbons (Fsp3) is 0.0526. The Kier molecular flexibility index (Phi) is 5.65. The van der Waals surface area contributed by atoms with Gasteiger partial charge in [0.1, 0.15) is 11.4 Å². The van der Waals surface area contributed by atoms with Crippen molar-refractivity contribution in [1.29, 1.82) is 0 Å². The van der Waals surface area contributed by atoms with E-state index in [4.69, 9.17) is 0 Å². The summed E-state index contributed by atoms with van der Waals surface area (Å²) in [6.07, 6.45) is 1.80. The lowest BCUT2D eigenvalue weighted by molar-refractivity contribution is 0.101. The minimum absolute atomic E-state index is 0.282. The molecule has 4 rings (SSSR count). The lowest BCUT2D eigenvalue weighted by Gasteiger charge is -2.06. The number of hydrogen-bond acceptors (Lipinski definition) is 7. The van der Waals surface area contributed by atoms with Crippen molar-refractivity contribution in [3.63, 3.8) is 0 Å². The van der Waals surface area contributed by atoms with Crippen LogP contribution in [-0.2, 0) is 0 Å². The van der Waals surface area contributed by atoms with Gasteiger partial charge in [-0.1, -0.05) is 53.4 Å². The number of thiophene rings is 1. The number of carbonyl (C=O) groups is 1. The average Bonchev–Trinajstić information content (AvgIpc) is 3.47. The van der Waals surface area contributed by atoms with Crippen molar-refractivity contribution >= 4 is 45.5 Å². The van der Waals surface area contributed by atoms with Gasteiger partial charge in [0.2, 0.25) is 5.13 Å². The maximum absolute atomic E-state index is 13.0. The van der Waals surface area contributed by atoms with Crippen molar-refractivity contribution in [1.82, 2.24) is 20.0 Å². The predicted molar refractivity (Wildman–Crippen MR) is 116 cm³/mol. The van der Waals surface area contributed by atoms with E-state index >= 15 is 0 Å². The van der Waals surface area contributed by atoms with Crippen LogP contribution in [-0.4, -0.2) is 31.6 Å². The number of thioether (sulfide) groups is 1. The third-order valence-electron chi connectivity index (χ3n) is 3.67. The maximum atomic E-state index is 13.0. The lowest BCUT2D eigenvalue weighted by Crippen LogP contribution is -2.16. The number of hydrogen-bond donors (Lipinski definition) is 1. The van der Waals surface area contributed by atoms with E-state index in [1.54, 1.807) is 28.2 Å². The number of aromatic nitrogens is 4. The molecule has 9 heteroatoms. The Morgan fingerprint density at radius 1 is 1.21 bits per heavy atom. The van der Waals surface area contributed by atoms with Gasteiger partial charge in [0.05, 0.1) is 10.6 Å². The number of benzene rings is 1. The van der Waals surface area contributed by atoms with Crippen LogP contribution in [0.1, 0.15) is 10.5 Å². The van der Waals surface area contributed by atoms with Crippen LogP contribution in [0, 0.1) is 0 Å². The van der Waals surface area contributed by atoms with Crippen LogP contribution in [0.3, 0.4) is 0 Å². The molecule has 3 aromatic heterocycles. The average molecular weight is 426 g/mol. The smallest absolute Gasteiger partial charge is 0.276 e. The normalized spacial score (nSPS) is 10.7. The van der Waals surface area contributed by atoms with Crippen molar-refractivity contribution in [2.24, 2.45) is 0 Å². The van der Waals surface area contributed by atoms with Crippen LogP contribution < -0.4 is 5.32 Å². The molecule has 0 bridgehead atoms. The fourth-order valence-corrected chi connectivity index (χ4v) is 4.65. The van der Waals surface area contributed by atoms with Crippen LogP contribution in [0.15, 0.2) is 70.9 Å². The number of amides is 1.